The second-order valence-corrected chi connectivity index (χ2v) is 7.49. The molecular formula is C20H20N4O2S. The zero-order chi connectivity index (χ0) is 19.0. The largest absolute Gasteiger partial charge is 0.349 e. The van der Waals surface area contributed by atoms with Gasteiger partial charge in [-0.15, -0.1) is 11.3 Å². The van der Waals surface area contributed by atoms with Crippen LogP contribution in [0.5, 0.6) is 0 Å². The van der Waals surface area contributed by atoms with Crippen LogP contribution in [-0.4, -0.2) is 20.1 Å². The Morgan fingerprint density at radius 1 is 1.26 bits per heavy atom. The number of carbonyl (C=O) groups excluding carboxylic acids is 1. The van der Waals surface area contributed by atoms with Crippen LogP contribution >= 0.6 is 11.3 Å². The predicted molar refractivity (Wildman–Crippen MR) is 107 cm³/mol. The highest BCUT2D eigenvalue weighted by Crippen LogP contribution is 2.26. The fourth-order valence-electron chi connectivity index (χ4n) is 3.49. The molecule has 4 rings (SSSR count). The SMILES string of the molecule is CC[C@@H](C(=O)NCc1cccs1)n1c2ccccc2c2nc(=O)cc(C)n21. The molecule has 6 nitrogen and oxygen atoms in total. The number of rotatable bonds is 5. The van der Waals surface area contributed by atoms with Crippen LogP contribution in [0.3, 0.4) is 0 Å². The molecule has 0 unspecified atom stereocenters. The Bertz CT molecular complexity index is 1170. The van der Waals surface area contributed by atoms with Gasteiger partial charge in [0.2, 0.25) is 5.91 Å². The maximum absolute atomic E-state index is 13.0. The van der Waals surface area contributed by atoms with Gasteiger partial charge in [-0.05, 0) is 36.9 Å². The Morgan fingerprint density at radius 3 is 2.81 bits per heavy atom. The Morgan fingerprint density at radius 2 is 2.07 bits per heavy atom. The molecule has 0 aliphatic heterocycles. The number of nitrogens with one attached hydrogen (secondary N) is 1. The molecule has 0 aliphatic carbocycles. The van der Waals surface area contributed by atoms with E-state index >= 15 is 0 Å². The number of hydrogen-bond acceptors (Lipinski definition) is 4. The van der Waals surface area contributed by atoms with Crippen LogP contribution in [-0.2, 0) is 11.3 Å². The molecule has 0 fully saturated rings. The first-order valence-electron chi connectivity index (χ1n) is 8.90. The standard InChI is InChI=1S/C20H20N4O2S/c1-3-16(20(26)21-12-14-7-6-10-27-14)24-17-9-5-4-8-15(17)19-22-18(25)11-13(2)23(19)24/h4-11,16H,3,12H2,1-2H3,(H,21,26)/t16-/m0/s1. The molecule has 1 amide bonds. The molecule has 1 atom stereocenters. The van der Waals surface area contributed by atoms with Gasteiger partial charge in [0.25, 0.3) is 5.56 Å². The average molecular weight is 380 g/mol. The molecule has 1 N–H and O–H groups in total. The van der Waals surface area contributed by atoms with Crippen molar-refractivity contribution in [2.24, 2.45) is 0 Å². The summed E-state index contributed by atoms with van der Waals surface area (Å²) in [5.74, 6) is -0.0494. The minimum absolute atomic E-state index is 0.0494. The van der Waals surface area contributed by atoms with Gasteiger partial charge in [0.15, 0.2) is 5.65 Å². The molecule has 0 aliphatic rings. The topological polar surface area (TPSA) is 68.4 Å². The summed E-state index contributed by atoms with van der Waals surface area (Å²) in [5.41, 5.74) is 1.95. The zero-order valence-electron chi connectivity index (χ0n) is 15.2. The van der Waals surface area contributed by atoms with Crippen LogP contribution in [0.4, 0.5) is 0 Å². The van der Waals surface area contributed by atoms with Gasteiger partial charge in [-0.1, -0.05) is 25.1 Å². The first kappa shape index (κ1) is 17.5. The van der Waals surface area contributed by atoms with Crippen molar-refractivity contribution < 1.29 is 4.79 Å². The van der Waals surface area contributed by atoms with Gasteiger partial charge < -0.3 is 5.32 Å². The van der Waals surface area contributed by atoms with Crippen molar-refractivity contribution in [3.05, 3.63) is 68.8 Å². The molecule has 138 valence electrons. The van der Waals surface area contributed by atoms with E-state index in [1.807, 2.05) is 64.8 Å². The molecule has 3 heterocycles. The first-order valence-corrected chi connectivity index (χ1v) is 9.78. The van der Waals surface area contributed by atoms with E-state index in [-0.39, 0.29) is 11.5 Å². The van der Waals surface area contributed by atoms with E-state index < -0.39 is 6.04 Å². The second kappa shape index (κ2) is 7.00. The Hall–Kier alpha value is -2.93. The van der Waals surface area contributed by atoms with Gasteiger partial charge in [-0.3, -0.25) is 14.3 Å². The number of thiophene rings is 1. The Balaban J connectivity index is 1.84. The molecule has 3 aromatic heterocycles. The highest BCUT2D eigenvalue weighted by molar-refractivity contribution is 7.09. The van der Waals surface area contributed by atoms with Gasteiger partial charge in [0, 0.05) is 22.0 Å². The third kappa shape index (κ3) is 3.04. The fraction of sp³-hybridized carbons (Fsp3) is 0.250. The van der Waals surface area contributed by atoms with Crippen LogP contribution in [0.2, 0.25) is 0 Å². The number of aryl methyl sites for hydroxylation is 1. The Labute approximate surface area is 160 Å². The van der Waals surface area contributed by atoms with Gasteiger partial charge in [-0.25, -0.2) is 4.52 Å². The lowest BCUT2D eigenvalue weighted by Crippen LogP contribution is -2.33. The van der Waals surface area contributed by atoms with E-state index in [1.165, 1.54) is 6.07 Å². The van der Waals surface area contributed by atoms with Crippen molar-refractivity contribution in [2.45, 2.75) is 32.9 Å². The van der Waals surface area contributed by atoms with Crippen molar-refractivity contribution >= 4 is 33.8 Å². The van der Waals surface area contributed by atoms with Crippen LogP contribution in [0.25, 0.3) is 16.6 Å². The summed E-state index contributed by atoms with van der Waals surface area (Å²) in [6, 6.07) is 12.8. The van der Waals surface area contributed by atoms with Crippen molar-refractivity contribution in [2.75, 3.05) is 0 Å². The molecule has 0 radical (unpaired) electrons. The summed E-state index contributed by atoms with van der Waals surface area (Å²) in [6.45, 7) is 4.36. The average Bonchev–Trinajstić information content (AvgIpc) is 3.28. The van der Waals surface area contributed by atoms with E-state index in [9.17, 15) is 9.59 Å². The molecule has 0 saturated heterocycles. The van der Waals surface area contributed by atoms with E-state index in [0.717, 1.165) is 21.5 Å². The molecule has 0 bridgehead atoms. The molecule has 27 heavy (non-hydrogen) atoms. The maximum Gasteiger partial charge on any atom is 0.273 e. The van der Waals surface area contributed by atoms with Crippen LogP contribution < -0.4 is 10.9 Å². The molecule has 4 aromatic rings. The number of benzene rings is 1. The summed E-state index contributed by atoms with van der Waals surface area (Å²) in [7, 11) is 0. The lowest BCUT2D eigenvalue weighted by atomic mass is 10.2. The number of para-hydroxylation sites is 1. The predicted octanol–water partition coefficient (Wildman–Crippen LogP) is 3.29. The van der Waals surface area contributed by atoms with E-state index in [2.05, 4.69) is 10.3 Å². The molecule has 0 saturated carbocycles. The van der Waals surface area contributed by atoms with Crippen LogP contribution in [0.1, 0.15) is 30.0 Å². The van der Waals surface area contributed by atoms with Crippen LogP contribution in [0.15, 0.2) is 52.6 Å². The lowest BCUT2D eigenvalue weighted by molar-refractivity contribution is -0.124. The van der Waals surface area contributed by atoms with Crippen molar-refractivity contribution in [3.8, 4) is 0 Å². The Kier molecular flexibility index (Phi) is 4.53. The van der Waals surface area contributed by atoms with Crippen LogP contribution in [0, 0.1) is 6.92 Å². The first-order chi connectivity index (χ1) is 13.1. The quantitative estimate of drug-likeness (QED) is 0.578. The lowest BCUT2D eigenvalue weighted by Gasteiger charge is -2.20. The smallest absolute Gasteiger partial charge is 0.273 e. The summed E-state index contributed by atoms with van der Waals surface area (Å²) in [6.07, 6.45) is 0.621. The third-order valence-corrected chi connectivity index (χ3v) is 5.57. The monoisotopic (exact) mass is 380 g/mol. The second-order valence-electron chi connectivity index (χ2n) is 6.45. The summed E-state index contributed by atoms with van der Waals surface area (Å²) in [4.78, 5) is 30.3. The number of aromatic nitrogens is 3. The number of nitrogens with zero attached hydrogens (tertiary/aromatic N) is 3. The summed E-state index contributed by atoms with van der Waals surface area (Å²) < 4.78 is 3.83. The van der Waals surface area contributed by atoms with Gasteiger partial charge in [0.1, 0.15) is 6.04 Å². The highest BCUT2D eigenvalue weighted by Gasteiger charge is 2.24. The summed E-state index contributed by atoms with van der Waals surface area (Å²) in [5, 5.41) is 5.90. The van der Waals surface area contributed by atoms with Gasteiger partial charge in [-0.2, -0.15) is 4.98 Å². The maximum atomic E-state index is 13.0. The third-order valence-electron chi connectivity index (χ3n) is 4.69. The van der Waals surface area contributed by atoms with Gasteiger partial charge >= 0.3 is 0 Å². The molecule has 7 heteroatoms. The fourth-order valence-corrected chi connectivity index (χ4v) is 4.13. The summed E-state index contributed by atoms with van der Waals surface area (Å²) >= 11 is 1.62. The number of hydrogen-bond donors (Lipinski definition) is 1. The zero-order valence-corrected chi connectivity index (χ0v) is 16.0. The normalized spacial score (nSPS) is 12.5. The van der Waals surface area contributed by atoms with E-state index in [0.29, 0.717) is 18.6 Å². The van der Waals surface area contributed by atoms with Crippen molar-refractivity contribution in [3.63, 3.8) is 0 Å². The highest BCUT2D eigenvalue weighted by atomic mass is 32.1. The minimum atomic E-state index is -0.407. The number of fused-ring (bicyclic) bond motifs is 3. The van der Waals surface area contributed by atoms with Gasteiger partial charge in [0.05, 0.1) is 12.1 Å². The molecular weight excluding hydrogens is 360 g/mol. The minimum Gasteiger partial charge on any atom is -0.349 e. The molecule has 0 spiro atoms. The van der Waals surface area contributed by atoms with Crippen molar-refractivity contribution in [1.82, 2.24) is 19.5 Å². The van der Waals surface area contributed by atoms with E-state index in [4.69, 9.17) is 0 Å². The number of amides is 1. The van der Waals surface area contributed by atoms with E-state index in [1.54, 1.807) is 11.3 Å². The number of carbonyl (C=O) groups is 1. The van der Waals surface area contributed by atoms with Crippen molar-refractivity contribution in [1.29, 1.82) is 0 Å². The molecule has 1 aromatic carbocycles.